The fourth-order valence-electron chi connectivity index (χ4n) is 3.10. The Morgan fingerprint density at radius 1 is 0.688 bits per heavy atom. The third-order valence-electron chi connectivity index (χ3n) is 3.87. The van der Waals surface area contributed by atoms with Crippen LogP contribution in [0.3, 0.4) is 0 Å². The minimum atomic E-state index is -2.36. The van der Waals surface area contributed by atoms with E-state index in [9.17, 15) is 17.6 Å². The summed E-state index contributed by atoms with van der Waals surface area (Å²) in [5, 5.41) is 8.65. The van der Waals surface area contributed by atoms with Gasteiger partial charge in [-0.15, -0.1) is 0 Å². The van der Waals surface area contributed by atoms with Gasteiger partial charge in [-0.2, -0.15) is 0 Å². The van der Waals surface area contributed by atoms with Crippen LogP contribution in [0.1, 0.15) is 0 Å². The van der Waals surface area contributed by atoms with Crippen LogP contribution < -0.4 is 16.0 Å². The van der Waals surface area contributed by atoms with Crippen LogP contribution in [-0.4, -0.2) is 43.7 Å². The fraction of sp³-hybridized carbons (Fsp3) is 1.00. The van der Waals surface area contributed by atoms with E-state index in [0.717, 1.165) is 0 Å². The van der Waals surface area contributed by atoms with Crippen molar-refractivity contribution in [1.82, 2.24) is 16.0 Å². The van der Waals surface area contributed by atoms with Gasteiger partial charge in [0.2, 0.25) is 0 Å². The molecule has 3 fully saturated rings. The maximum absolute atomic E-state index is 13.7. The van der Waals surface area contributed by atoms with Crippen LogP contribution in [0.2, 0.25) is 0 Å². The summed E-state index contributed by atoms with van der Waals surface area (Å²) in [4.78, 5) is 0. The Balaban J connectivity index is 1.93. The number of rotatable bonds is 0. The van der Waals surface area contributed by atoms with Crippen molar-refractivity contribution in [2.45, 2.75) is 37.0 Å². The summed E-state index contributed by atoms with van der Waals surface area (Å²) >= 11 is 0. The van der Waals surface area contributed by atoms with E-state index in [2.05, 4.69) is 16.0 Å². The first-order chi connectivity index (χ1) is 7.61. The maximum atomic E-state index is 13.7. The summed E-state index contributed by atoms with van der Waals surface area (Å²) in [5.74, 6) is -1.70. The van der Waals surface area contributed by atoms with Gasteiger partial charge in [0.05, 0.1) is 12.3 Å². The van der Waals surface area contributed by atoms with E-state index in [1.165, 1.54) is 0 Å². The predicted molar refractivity (Wildman–Crippen MR) is 48.4 cm³/mol. The van der Waals surface area contributed by atoms with E-state index in [-0.39, 0.29) is 0 Å². The van der Waals surface area contributed by atoms with Crippen LogP contribution in [0.5, 0.6) is 0 Å². The Bertz CT molecular complexity index is 266. The summed E-state index contributed by atoms with van der Waals surface area (Å²) in [6.45, 7) is 0.392. The van der Waals surface area contributed by atoms with Crippen LogP contribution >= 0.6 is 0 Å². The number of hydrogen-bond donors (Lipinski definition) is 3. The van der Waals surface area contributed by atoms with Crippen molar-refractivity contribution in [3.8, 4) is 0 Å². The van der Waals surface area contributed by atoms with Gasteiger partial charge < -0.3 is 0 Å². The first-order valence-electron chi connectivity index (χ1n) is 5.40. The molecule has 8 atom stereocenters. The molecule has 3 aliphatic rings. The van der Waals surface area contributed by atoms with Crippen molar-refractivity contribution in [3.05, 3.63) is 0 Å². The Hall–Kier alpha value is -0.400. The smallest absolute Gasteiger partial charge is 0.165 e. The van der Waals surface area contributed by atoms with E-state index in [0.29, 0.717) is 6.67 Å². The zero-order valence-electron chi connectivity index (χ0n) is 8.34. The minimum absolute atomic E-state index is 0.392. The van der Waals surface area contributed by atoms with Gasteiger partial charge in [0, 0.05) is 18.5 Å². The predicted octanol–water partition coefficient (Wildman–Crippen LogP) is -0.00950. The lowest BCUT2D eigenvalue weighted by molar-refractivity contribution is -0.0743. The van der Waals surface area contributed by atoms with Crippen molar-refractivity contribution in [2.75, 3.05) is 6.67 Å². The zero-order valence-corrected chi connectivity index (χ0v) is 8.34. The van der Waals surface area contributed by atoms with Crippen LogP contribution in [-0.2, 0) is 0 Å². The molecule has 3 nitrogen and oxygen atoms in total. The highest BCUT2D eigenvalue weighted by Gasteiger charge is 2.61. The van der Waals surface area contributed by atoms with Crippen molar-refractivity contribution in [1.29, 1.82) is 0 Å². The monoisotopic (exact) mass is 239 g/mol. The highest BCUT2D eigenvalue weighted by Crippen LogP contribution is 2.44. The number of fused-ring (bicyclic) bond motifs is 5. The molecular formula is C9H13F4N3. The van der Waals surface area contributed by atoms with Crippen molar-refractivity contribution in [2.24, 2.45) is 11.8 Å². The summed E-state index contributed by atoms with van der Waals surface area (Å²) < 4.78 is 53.9. The van der Waals surface area contributed by atoms with Crippen LogP contribution in [0.4, 0.5) is 17.6 Å². The maximum Gasteiger partial charge on any atom is 0.165 e. The molecule has 2 heterocycles. The van der Waals surface area contributed by atoms with Crippen molar-refractivity contribution < 1.29 is 17.6 Å². The Morgan fingerprint density at radius 2 is 1.12 bits per heavy atom. The third-order valence-corrected chi connectivity index (χ3v) is 3.87. The van der Waals surface area contributed by atoms with Gasteiger partial charge in [0.1, 0.15) is 12.3 Å². The standard InChI is InChI=1S/C9H13F4N3/c10-4-2-3(5(11)7(13)6(4)12)9-15-1-14-8(2)16-9/h2-9,14-16H,1H2. The van der Waals surface area contributed by atoms with E-state index in [4.69, 9.17) is 0 Å². The summed E-state index contributed by atoms with van der Waals surface area (Å²) in [7, 11) is 0. The summed E-state index contributed by atoms with van der Waals surface area (Å²) in [6, 6.07) is 0. The molecule has 8 unspecified atom stereocenters. The number of nitrogens with one attached hydrogen (secondary N) is 3. The molecule has 0 radical (unpaired) electrons. The quantitative estimate of drug-likeness (QED) is 0.520. The van der Waals surface area contributed by atoms with Crippen LogP contribution in [0.25, 0.3) is 0 Å². The molecule has 92 valence electrons. The van der Waals surface area contributed by atoms with Gasteiger partial charge in [0.15, 0.2) is 12.3 Å². The van der Waals surface area contributed by atoms with Gasteiger partial charge in [-0.3, -0.25) is 16.0 Å². The van der Waals surface area contributed by atoms with Gasteiger partial charge in [-0.05, 0) is 0 Å². The fourth-order valence-corrected chi connectivity index (χ4v) is 3.10. The third kappa shape index (κ3) is 1.25. The molecule has 16 heavy (non-hydrogen) atoms. The summed E-state index contributed by atoms with van der Waals surface area (Å²) in [6.07, 6.45) is -9.59. The molecule has 0 aromatic heterocycles. The second kappa shape index (κ2) is 3.54. The molecule has 7 heteroatoms. The van der Waals surface area contributed by atoms with E-state index in [1.54, 1.807) is 0 Å². The van der Waals surface area contributed by atoms with Crippen molar-refractivity contribution in [3.63, 3.8) is 0 Å². The second-order valence-corrected chi connectivity index (χ2v) is 4.64. The van der Waals surface area contributed by atoms with Crippen LogP contribution in [0, 0.1) is 11.8 Å². The molecule has 0 amide bonds. The number of halogens is 4. The molecule has 1 aliphatic carbocycles. The molecule has 0 aromatic rings. The molecule has 0 aromatic carbocycles. The Labute approximate surface area is 90.0 Å². The van der Waals surface area contributed by atoms with Crippen molar-refractivity contribution >= 4 is 0 Å². The Kier molecular flexibility index (Phi) is 2.38. The van der Waals surface area contributed by atoms with Gasteiger partial charge in [-0.25, -0.2) is 17.6 Å². The molecule has 0 spiro atoms. The molecule has 3 rings (SSSR count). The minimum Gasteiger partial charge on any atom is -0.289 e. The molecule has 2 bridgehead atoms. The largest absolute Gasteiger partial charge is 0.289 e. The van der Waals surface area contributed by atoms with Crippen LogP contribution in [0.15, 0.2) is 0 Å². The average Bonchev–Trinajstić information content (AvgIpc) is 2.55. The van der Waals surface area contributed by atoms with Gasteiger partial charge >= 0.3 is 0 Å². The lowest BCUT2D eigenvalue weighted by atomic mass is 9.75. The highest BCUT2D eigenvalue weighted by molar-refractivity contribution is 5.10. The SMILES string of the molecule is FC1C(F)C(F)C2C3NCNC(N3)C2C1F. The molecule has 2 saturated heterocycles. The lowest BCUT2D eigenvalue weighted by Crippen LogP contribution is -2.58. The van der Waals surface area contributed by atoms with Gasteiger partial charge in [0.25, 0.3) is 0 Å². The molecule has 2 aliphatic heterocycles. The summed E-state index contributed by atoms with van der Waals surface area (Å²) in [5.41, 5.74) is 0. The van der Waals surface area contributed by atoms with E-state index >= 15 is 0 Å². The number of alkyl halides is 4. The van der Waals surface area contributed by atoms with E-state index in [1.807, 2.05) is 0 Å². The molecule has 1 saturated carbocycles. The topological polar surface area (TPSA) is 36.1 Å². The lowest BCUT2D eigenvalue weighted by Gasteiger charge is -2.37. The first-order valence-corrected chi connectivity index (χ1v) is 5.40. The zero-order chi connectivity index (χ0) is 11.4. The number of hydrogen-bond acceptors (Lipinski definition) is 3. The van der Waals surface area contributed by atoms with Gasteiger partial charge in [-0.1, -0.05) is 0 Å². The average molecular weight is 239 g/mol. The van der Waals surface area contributed by atoms with E-state index < -0.39 is 48.9 Å². The molecular weight excluding hydrogens is 226 g/mol. The first kappa shape index (κ1) is 10.7. The molecule has 3 N–H and O–H groups in total. The second-order valence-electron chi connectivity index (χ2n) is 4.64. The highest BCUT2D eigenvalue weighted by atomic mass is 19.2. The normalized spacial score (nSPS) is 60.8. The Morgan fingerprint density at radius 3 is 1.56 bits per heavy atom.